The Morgan fingerprint density at radius 2 is 2.14 bits per heavy atom. The lowest BCUT2D eigenvalue weighted by molar-refractivity contribution is 0.0865. The van der Waals surface area contributed by atoms with Crippen molar-refractivity contribution in [2.75, 3.05) is 0 Å². The zero-order valence-corrected chi connectivity index (χ0v) is 4.71. The molecule has 0 bridgehead atoms. The van der Waals surface area contributed by atoms with E-state index in [0.29, 0.717) is 6.32 Å². The highest BCUT2D eigenvalue weighted by Gasteiger charge is 2.34. The first-order valence-corrected chi connectivity index (χ1v) is 2.96. The van der Waals surface area contributed by atoms with Crippen LogP contribution < -0.4 is 0 Å². The SMILES string of the molecule is BCC1(F)CCC1. The molecule has 0 aliphatic heterocycles. The van der Waals surface area contributed by atoms with Gasteiger partial charge in [0.1, 0.15) is 13.5 Å². The Balaban J connectivity index is 2.29. The van der Waals surface area contributed by atoms with E-state index in [1.165, 1.54) is 0 Å². The van der Waals surface area contributed by atoms with Gasteiger partial charge in [-0.05, 0) is 25.6 Å². The van der Waals surface area contributed by atoms with E-state index in [9.17, 15) is 4.39 Å². The van der Waals surface area contributed by atoms with Gasteiger partial charge in [-0.3, -0.25) is 0 Å². The number of hydrogen-bond acceptors (Lipinski definition) is 0. The van der Waals surface area contributed by atoms with Crippen LogP contribution in [-0.2, 0) is 0 Å². The first-order valence-electron chi connectivity index (χ1n) is 2.96. The Morgan fingerprint density at radius 3 is 2.14 bits per heavy atom. The summed E-state index contributed by atoms with van der Waals surface area (Å²) in [7, 11) is 1.92. The van der Waals surface area contributed by atoms with Crippen LogP contribution in [0.25, 0.3) is 0 Å². The summed E-state index contributed by atoms with van der Waals surface area (Å²) in [6, 6.07) is 0. The van der Waals surface area contributed by atoms with E-state index in [2.05, 4.69) is 0 Å². The summed E-state index contributed by atoms with van der Waals surface area (Å²) < 4.78 is 12.6. The van der Waals surface area contributed by atoms with Crippen LogP contribution >= 0.6 is 0 Å². The minimum atomic E-state index is -0.736. The average Bonchev–Trinajstić information content (AvgIpc) is 1.61. The van der Waals surface area contributed by atoms with Crippen LogP contribution in [-0.4, -0.2) is 13.5 Å². The molecule has 1 rings (SSSR count). The zero-order chi connectivity index (χ0) is 5.33. The van der Waals surface area contributed by atoms with E-state index in [0.717, 1.165) is 19.3 Å². The first kappa shape index (κ1) is 5.14. The Morgan fingerprint density at radius 1 is 1.57 bits per heavy atom. The van der Waals surface area contributed by atoms with Gasteiger partial charge in [0.2, 0.25) is 0 Å². The predicted molar refractivity (Wildman–Crippen MR) is 31.0 cm³/mol. The predicted octanol–water partition coefficient (Wildman–Crippen LogP) is 0.930. The Hall–Kier alpha value is -0.00506. The van der Waals surface area contributed by atoms with Crippen molar-refractivity contribution in [3.63, 3.8) is 0 Å². The Kier molecular flexibility index (Phi) is 1.10. The van der Waals surface area contributed by atoms with Crippen LogP contribution in [0.15, 0.2) is 0 Å². The van der Waals surface area contributed by atoms with Gasteiger partial charge in [0, 0.05) is 0 Å². The standard InChI is InChI=1S/C5H10BF/c6-4-5(7)2-1-3-5/h1-4,6H2. The molecule has 1 fully saturated rings. The molecule has 0 aromatic carbocycles. The fraction of sp³-hybridized carbons (Fsp3) is 1.00. The number of hydrogen-bond donors (Lipinski definition) is 0. The molecule has 0 saturated heterocycles. The third kappa shape index (κ3) is 0.791. The summed E-state index contributed by atoms with van der Waals surface area (Å²) in [5, 5.41) is 0. The third-order valence-electron chi connectivity index (χ3n) is 1.88. The topological polar surface area (TPSA) is 0 Å². The van der Waals surface area contributed by atoms with Gasteiger partial charge in [0.05, 0.1) is 0 Å². The summed E-state index contributed by atoms with van der Waals surface area (Å²) >= 11 is 0. The molecule has 40 valence electrons. The van der Waals surface area contributed by atoms with Crippen molar-refractivity contribution in [1.29, 1.82) is 0 Å². The summed E-state index contributed by atoms with van der Waals surface area (Å²) in [4.78, 5) is 0. The molecular formula is C5H10BF. The molecule has 1 aliphatic carbocycles. The van der Waals surface area contributed by atoms with Crippen LogP contribution in [0, 0.1) is 0 Å². The first-order chi connectivity index (χ1) is 3.27. The normalized spacial score (nSPS) is 26.4. The molecule has 0 aromatic heterocycles. The third-order valence-corrected chi connectivity index (χ3v) is 1.88. The van der Waals surface area contributed by atoms with Gasteiger partial charge in [0.15, 0.2) is 0 Å². The number of halogens is 1. The van der Waals surface area contributed by atoms with Crippen LogP contribution in [0.3, 0.4) is 0 Å². The summed E-state index contributed by atoms with van der Waals surface area (Å²) in [5.74, 6) is 0. The summed E-state index contributed by atoms with van der Waals surface area (Å²) in [6.07, 6.45) is 3.43. The molecule has 7 heavy (non-hydrogen) atoms. The summed E-state index contributed by atoms with van der Waals surface area (Å²) in [6.45, 7) is 0. The largest absolute Gasteiger partial charge is 0.245 e. The molecule has 0 atom stereocenters. The van der Waals surface area contributed by atoms with Crippen LogP contribution in [0.5, 0.6) is 0 Å². The van der Waals surface area contributed by atoms with Crippen molar-refractivity contribution in [2.24, 2.45) is 0 Å². The van der Waals surface area contributed by atoms with Gasteiger partial charge in [-0.2, -0.15) is 0 Å². The Bertz CT molecular complexity index is 63.0. The maximum Gasteiger partial charge on any atom is 0.105 e. The van der Waals surface area contributed by atoms with E-state index < -0.39 is 5.67 Å². The van der Waals surface area contributed by atoms with E-state index >= 15 is 0 Å². The molecule has 0 unspecified atom stereocenters. The van der Waals surface area contributed by atoms with Crippen molar-refractivity contribution in [1.82, 2.24) is 0 Å². The highest BCUT2D eigenvalue weighted by molar-refractivity contribution is 6.09. The summed E-state index contributed by atoms with van der Waals surface area (Å²) in [5.41, 5.74) is -0.736. The minimum absolute atomic E-state index is 0.715. The second kappa shape index (κ2) is 1.50. The fourth-order valence-corrected chi connectivity index (χ4v) is 0.914. The zero-order valence-electron chi connectivity index (χ0n) is 4.71. The second-order valence-corrected chi connectivity index (χ2v) is 2.36. The lowest BCUT2D eigenvalue weighted by Gasteiger charge is -2.32. The minimum Gasteiger partial charge on any atom is -0.245 e. The molecule has 0 N–H and O–H groups in total. The monoisotopic (exact) mass is 100 g/mol. The fourth-order valence-electron chi connectivity index (χ4n) is 0.914. The van der Waals surface area contributed by atoms with Crippen molar-refractivity contribution < 1.29 is 4.39 Å². The van der Waals surface area contributed by atoms with Gasteiger partial charge >= 0.3 is 0 Å². The quantitative estimate of drug-likeness (QED) is 0.430. The van der Waals surface area contributed by atoms with Crippen molar-refractivity contribution in [2.45, 2.75) is 31.3 Å². The van der Waals surface area contributed by atoms with E-state index in [1.54, 1.807) is 0 Å². The lowest BCUT2D eigenvalue weighted by Crippen LogP contribution is -2.30. The maximum atomic E-state index is 12.6. The molecule has 0 radical (unpaired) electrons. The van der Waals surface area contributed by atoms with Gasteiger partial charge in [0.25, 0.3) is 0 Å². The number of alkyl halides is 1. The van der Waals surface area contributed by atoms with Gasteiger partial charge in [-0.1, -0.05) is 0 Å². The molecule has 0 amide bonds. The molecular weight excluding hydrogens is 89.9 g/mol. The van der Waals surface area contributed by atoms with Crippen molar-refractivity contribution in [3.8, 4) is 0 Å². The second-order valence-electron chi connectivity index (χ2n) is 2.36. The molecule has 1 saturated carbocycles. The molecule has 1 aliphatic rings. The average molecular weight is 99.9 g/mol. The molecule has 0 nitrogen and oxygen atoms in total. The molecule has 2 heteroatoms. The molecule has 0 spiro atoms. The van der Waals surface area contributed by atoms with Gasteiger partial charge < -0.3 is 0 Å². The molecule has 0 aromatic rings. The van der Waals surface area contributed by atoms with Crippen LogP contribution in [0.1, 0.15) is 19.3 Å². The van der Waals surface area contributed by atoms with E-state index in [-0.39, 0.29) is 0 Å². The van der Waals surface area contributed by atoms with Gasteiger partial charge in [-0.25, -0.2) is 4.39 Å². The smallest absolute Gasteiger partial charge is 0.105 e. The Labute approximate surface area is 44.5 Å². The van der Waals surface area contributed by atoms with E-state index in [1.807, 2.05) is 7.85 Å². The van der Waals surface area contributed by atoms with Crippen molar-refractivity contribution in [3.05, 3.63) is 0 Å². The van der Waals surface area contributed by atoms with Crippen molar-refractivity contribution >= 4 is 7.85 Å². The lowest BCUT2D eigenvalue weighted by atomic mass is 9.73. The van der Waals surface area contributed by atoms with E-state index in [4.69, 9.17) is 0 Å². The van der Waals surface area contributed by atoms with Gasteiger partial charge in [-0.15, -0.1) is 0 Å². The van der Waals surface area contributed by atoms with Crippen LogP contribution in [0.4, 0.5) is 4.39 Å². The highest BCUT2D eigenvalue weighted by atomic mass is 19.1. The molecule has 0 heterocycles. The maximum absolute atomic E-state index is 12.6. The van der Waals surface area contributed by atoms with Crippen LogP contribution in [0.2, 0.25) is 6.32 Å². The highest BCUT2D eigenvalue weighted by Crippen LogP contribution is 2.37. The number of rotatable bonds is 1.